The third-order valence-corrected chi connectivity index (χ3v) is 7.65. The van der Waals surface area contributed by atoms with Crippen LogP contribution in [0.3, 0.4) is 0 Å². The first kappa shape index (κ1) is 22.2. The van der Waals surface area contributed by atoms with Gasteiger partial charge in [0.2, 0.25) is 10.0 Å². The van der Waals surface area contributed by atoms with Crippen molar-refractivity contribution < 1.29 is 12.8 Å². The van der Waals surface area contributed by atoms with Crippen molar-refractivity contribution in [2.24, 2.45) is 0 Å². The van der Waals surface area contributed by atoms with E-state index in [4.69, 9.17) is 0 Å². The monoisotopic (exact) mass is 456 g/mol. The topological polar surface area (TPSA) is 75.5 Å². The molecule has 32 heavy (non-hydrogen) atoms. The van der Waals surface area contributed by atoms with Crippen LogP contribution in [-0.2, 0) is 10.0 Å². The van der Waals surface area contributed by atoms with Crippen molar-refractivity contribution in [3.05, 3.63) is 81.9 Å². The SMILES string of the molecule is Cc1ccc(-n2nc(N3CCCN(S(=O)(=O)c4cc(F)ccc4C)CC3)ccc2=O)cc1. The minimum absolute atomic E-state index is 0.00278. The van der Waals surface area contributed by atoms with Crippen LogP contribution in [-0.4, -0.2) is 48.7 Å². The molecule has 0 amide bonds. The molecule has 1 aromatic heterocycles. The summed E-state index contributed by atoms with van der Waals surface area (Å²) in [6, 6.07) is 14.4. The fourth-order valence-corrected chi connectivity index (χ4v) is 5.50. The van der Waals surface area contributed by atoms with Crippen molar-refractivity contribution >= 4 is 15.8 Å². The number of hydrogen-bond donors (Lipinski definition) is 0. The summed E-state index contributed by atoms with van der Waals surface area (Å²) in [5.41, 5.74) is 2.03. The quantitative estimate of drug-likeness (QED) is 0.604. The van der Waals surface area contributed by atoms with E-state index in [2.05, 4.69) is 5.10 Å². The van der Waals surface area contributed by atoms with Crippen LogP contribution in [0, 0.1) is 19.7 Å². The molecule has 168 valence electrons. The zero-order valence-electron chi connectivity index (χ0n) is 18.0. The highest BCUT2D eigenvalue weighted by atomic mass is 32.2. The number of rotatable bonds is 4. The highest BCUT2D eigenvalue weighted by Gasteiger charge is 2.29. The normalized spacial score (nSPS) is 15.5. The molecule has 2 aromatic carbocycles. The molecule has 3 aromatic rings. The van der Waals surface area contributed by atoms with Crippen molar-refractivity contribution in [2.75, 3.05) is 31.1 Å². The molecule has 0 aliphatic carbocycles. The molecule has 1 saturated heterocycles. The molecule has 0 spiro atoms. The Hall–Kier alpha value is -3.04. The average molecular weight is 457 g/mol. The molecule has 1 fully saturated rings. The molecule has 9 heteroatoms. The molecule has 0 unspecified atom stereocenters. The van der Waals surface area contributed by atoms with E-state index in [-0.39, 0.29) is 17.0 Å². The van der Waals surface area contributed by atoms with Gasteiger partial charge in [-0.3, -0.25) is 4.79 Å². The van der Waals surface area contributed by atoms with E-state index >= 15 is 0 Å². The van der Waals surface area contributed by atoms with E-state index in [1.165, 1.54) is 27.2 Å². The number of hydrogen-bond acceptors (Lipinski definition) is 5. The van der Waals surface area contributed by atoms with Gasteiger partial charge >= 0.3 is 0 Å². The molecule has 0 N–H and O–H groups in total. The van der Waals surface area contributed by atoms with Crippen molar-refractivity contribution in [2.45, 2.75) is 25.2 Å². The first-order chi connectivity index (χ1) is 15.3. The van der Waals surface area contributed by atoms with Gasteiger partial charge in [-0.1, -0.05) is 23.8 Å². The van der Waals surface area contributed by atoms with Crippen LogP contribution in [0.25, 0.3) is 5.69 Å². The largest absolute Gasteiger partial charge is 0.354 e. The Morgan fingerprint density at radius 2 is 1.66 bits per heavy atom. The van der Waals surface area contributed by atoms with Gasteiger partial charge in [0.25, 0.3) is 5.56 Å². The van der Waals surface area contributed by atoms with Crippen molar-refractivity contribution in [1.82, 2.24) is 14.1 Å². The number of nitrogens with zero attached hydrogens (tertiary/aromatic N) is 4. The molecule has 0 bridgehead atoms. The van der Waals surface area contributed by atoms with Crippen molar-refractivity contribution in [3.63, 3.8) is 0 Å². The average Bonchev–Trinajstić information content (AvgIpc) is 3.03. The number of halogens is 1. The van der Waals surface area contributed by atoms with Crippen molar-refractivity contribution in [1.29, 1.82) is 0 Å². The number of aryl methyl sites for hydroxylation is 2. The maximum atomic E-state index is 13.7. The zero-order valence-corrected chi connectivity index (χ0v) is 18.8. The fourth-order valence-electron chi connectivity index (χ4n) is 3.80. The summed E-state index contributed by atoms with van der Waals surface area (Å²) >= 11 is 0. The smallest absolute Gasteiger partial charge is 0.271 e. The second kappa shape index (κ2) is 8.84. The fraction of sp³-hybridized carbons (Fsp3) is 0.304. The summed E-state index contributed by atoms with van der Waals surface area (Å²) in [7, 11) is -3.82. The lowest BCUT2D eigenvalue weighted by atomic mass is 10.2. The Labute approximate surface area is 186 Å². The second-order valence-electron chi connectivity index (χ2n) is 7.93. The Morgan fingerprint density at radius 1 is 0.906 bits per heavy atom. The molecule has 0 saturated carbocycles. The van der Waals surface area contributed by atoms with Gasteiger partial charge in [0.05, 0.1) is 10.6 Å². The lowest BCUT2D eigenvalue weighted by Crippen LogP contribution is -2.36. The van der Waals surface area contributed by atoms with Crippen LogP contribution in [0.5, 0.6) is 0 Å². The van der Waals surface area contributed by atoms with Crippen LogP contribution in [0.2, 0.25) is 0 Å². The van der Waals surface area contributed by atoms with Gasteiger partial charge in [0.15, 0.2) is 0 Å². The Kier molecular flexibility index (Phi) is 6.12. The van der Waals surface area contributed by atoms with Gasteiger partial charge in [-0.2, -0.15) is 8.99 Å². The Morgan fingerprint density at radius 3 is 2.41 bits per heavy atom. The second-order valence-corrected chi connectivity index (χ2v) is 9.84. The summed E-state index contributed by atoms with van der Waals surface area (Å²) in [5, 5.41) is 4.52. The van der Waals surface area contributed by atoms with Gasteiger partial charge < -0.3 is 4.90 Å². The van der Waals surface area contributed by atoms with E-state index in [1.807, 2.05) is 36.1 Å². The third kappa shape index (κ3) is 4.44. The van der Waals surface area contributed by atoms with E-state index in [0.29, 0.717) is 43.1 Å². The molecule has 0 atom stereocenters. The number of aromatic nitrogens is 2. The van der Waals surface area contributed by atoms with Gasteiger partial charge in [0, 0.05) is 32.2 Å². The van der Waals surface area contributed by atoms with Gasteiger partial charge in [-0.25, -0.2) is 12.8 Å². The number of sulfonamides is 1. The maximum absolute atomic E-state index is 13.7. The highest BCUT2D eigenvalue weighted by Crippen LogP contribution is 2.23. The van der Waals surface area contributed by atoms with Crippen LogP contribution < -0.4 is 10.5 Å². The minimum atomic E-state index is -3.82. The van der Waals surface area contributed by atoms with Crippen LogP contribution in [0.1, 0.15) is 17.5 Å². The van der Waals surface area contributed by atoms with Crippen LogP contribution in [0.4, 0.5) is 10.2 Å². The Bertz CT molecular complexity index is 1290. The molecular weight excluding hydrogens is 431 g/mol. The van der Waals surface area contributed by atoms with Gasteiger partial charge in [-0.15, -0.1) is 5.10 Å². The molecular formula is C23H25FN4O3S. The summed E-state index contributed by atoms with van der Waals surface area (Å²) in [6.45, 7) is 5.20. The first-order valence-corrected chi connectivity index (χ1v) is 11.9. The van der Waals surface area contributed by atoms with E-state index in [0.717, 1.165) is 11.6 Å². The molecule has 0 radical (unpaired) electrons. The molecule has 2 heterocycles. The van der Waals surface area contributed by atoms with E-state index in [9.17, 15) is 17.6 Å². The third-order valence-electron chi connectivity index (χ3n) is 5.61. The summed E-state index contributed by atoms with van der Waals surface area (Å²) in [6.07, 6.45) is 0.582. The lowest BCUT2D eigenvalue weighted by molar-refractivity contribution is 0.432. The van der Waals surface area contributed by atoms with Crippen LogP contribution in [0.15, 0.2) is 64.3 Å². The molecule has 1 aliphatic heterocycles. The number of benzene rings is 2. The standard InChI is InChI=1S/C23H25FN4O3S/c1-17-4-8-20(9-5-17)28-23(29)11-10-22(25-28)26-12-3-13-27(15-14-26)32(30,31)21-16-19(24)7-6-18(21)2/h4-11,16H,3,12-15H2,1-2H3. The summed E-state index contributed by atoms with van der Waals surface area (Å²) in [4.78, 5) is 14.3. The van der Waals surface area contributed by atoms with Crippen LogP contribution >= 0.6 is 0 Å². The molecule has 1 aliphatic rings. The minimum Gasteiger partial charge on any atom is -0.354 e. The Balaban J connectivity index is 1.57. The summed E-state index contributed by atoms with van der Waals surface area (Å²) < 4.78 is 42.8. The lowest BCUT2D eigenvalue weighted by Gasteiger charge is -2.23. The van der Waals surface area contributed by atoms with Crippen molar-refractivity contribution in [3.8, 4) is 5.69 Å². The first-order valence-electron chi connectivity index (χ1n) is 10.4. The van der Waals surface area contributed by atoms with Gasteiger partial charge in [0.1, 0.15) is 11.6 Å². The summed E-state index contributed by atoms with van der Waals surface area (Å²) in [5.74, 6) is 0.0274. The van der Waals surface area contributed by atoms with E-state index in [1.54, 1.807) is 13.0 Å². The molecule has 7 nitrogen and oxygen atoms in total. The predicted octanol–water partition coefficient (Wildman–Crippen LogP) is 2.89. The highest BCUT2D eigenvalue weighted by molar-refractivity contribution is 7.89. The number of anilines is 1. The maximum Gasteiger partial charge on any atom is 0.271 e. The van der Waals surface area contributed by atoms with Gasteiger partial charge in [-0.05, 0) is 56.2 Å². The molecule has 4 rings (SSSR count). The van der Waals surface area contributed by atoms with E-state index < -0.39 is 15.8 Å². The zero-order chi connectivity index (χ0) is 22.9. The predicted molar refractivity (Wildman–Crippen MR) is 121 cm³/mol.